The van der Waals surface area contributed by atoms with E-state index in [4.69, 9.17) is 5.73 Å². The molecule has 0 aliphatic carbocycles. The molecule has 0 atom stereocenters. The minimum Gasteiger partial charge on any atom is -0.374 e. The number of aromatic nitrogens is 2. The van der Waals surface area contributed by atoms with Gasteiger partial charge in [0.05, 0.1) is 0 Å². The molecule has 0 bridgehead atoms. The molecule has 96 valence electrons. The first-order valence-electron chi connectivity index (χ1n) is 4.93. The van der Waals surface area contributed by atoms with Crippen molar-refractivity contribution >= 4 is 37.3 Å². The normalized spacial score (nSPS) is 25.9. The molecular weight excluding hydrogens is 284 g/mol. The van der Waals surface area contributed by atoms with Gasteiger partial charge in [-0.2, -0.15) is 0 Å². The number of nitrogen functional groups attached to an aromatic ring is 1. The topological polar surface area (TPSA) is 115 Å². The Morgan fingerprint density at radius 1 is 1.35 bits per heavy atom. The largest absolute Gasteiger partial charge is 0.374 e. The zero-order valence-electron chi connectivity index (χ0n) is 8.83. The molecule has 10 heteroatoms. The quantitative estimate of drug-likeness (QED) is 0.763. The SMILES string of the molecule is Nc1nnc(S(=O)(=O)NC2CCS(=O)CC2)s1. The van der Waals surface area contributed by atoms with Crippen molar-refractivity contribution in [3.63, 3.8) is 0 Å². The number of anilines is 1. The van der Waals surface area contributed by atoms with Gasteiger partial charge in [0, 0.05) is 28.3 Å². The van der Waals surface area contributed by atoms with Crippen LogP contribution in [0.25, 0.3) is 0 Å². The van der Waals surface area contributed by atoms with Crippen LogP contribution in [-0.4, -0.2) is 40.4 Å². The number of hydrogen-bond acceptors (Lipinski definition) is 7. The number of nitrogens with two attached hydrogens (primary N) is 1. The van der Waals surface area contributed by atoms with E-state index in [0.717, 1.165) is 11.3 Å². The molecule has 3 N–H and O–H groups in total. The van der Waals surface area contributed by atoms with Gasteiger partial charge in [0.1, 0.15) is 0 Å². The predicted octanol–water partition coefficient (Wildman–Crippen LogP) is -0.690. The van der Waals surface area contributed by atoms with E-state index in [1.165, 1.54) is 0 Å². The predicted molar refractivity (Wildman–Crippen MR) is 65.5 cm³/mol. The Labute approximate surface area is 105 Å². The molecule has 1 saturated heterocycles. The van der Waals surface area contributed by atoms with Crippen LogP contribution in [0.15, 0.2) is 4.34 Å². The average molecular weight is 296 g/mol. The highest BCUT2D eigenvalue weighted by molar-refractivity contribution is 7.91. The van der Waals surface area contributed by atoms with Gasteiger partial charge < -0.3 is 5.73 Å². The summed E-state index contributed by atoms with van der Waals surface area (Å²) in [6.07, 6.45) is 1.17. The van der Waals surface area contributed by atoms with E-state index in [1.54, 1.807) is 0 Å². The Bertz CT molecular complexity index is 516. The maximum Gasteiger partial charge on any atom is 0.270 e. The smallest absolute Gasteiger partial charge is 0.270 e. The molecule has 0 saturated carbocycles. The molecule has 1 aromatic rings. The van der Waals surface area contributed by atoms with Gasteiger partial charge in [-0.25, -0.2) is 13.1 Å². The monoisotopic (exact) mass is 296 g/mol. The summed E-state index contributed by atoms with van der Waals surface area (Å²) in [5.41, 5.74) is 5.34. The first-order chi connectivity index (χ1) is 7.97. The maximum atomic E-state index is 11.9. The van der Waals surface area contributed by atoms with E-state index in [2.05, 4.69) is 14.9 Å². The van der Waals surface area contributed by atoms with Crippen LogP contribution in [0.5, 0.6) is 0 Å². The number of rotatable bonds is 3. The van der Waals surface area contributed by atoms with Gasteiger partial charge in [-0.3, -0.25) is 4.21 Å². The van der Waals surface area contributed by atoms with Gasteiger partial charge >= 0.3 is 0 Å². The van der Waals surface area contributed by atoms with Crippen LogP contribution in [0.2, 0.25) is 0 Å². The average Bonchev–Trinajstić information content (AvgIpc) is 2.69. The Morgan fingerprint density at radius 3 is 2.53 bits per heavy atom. The summed E-state index contributed by atoms with van der Waals surface area (Å²) in [7, 11) is -4.45. The third kappa shape index (κ3) is 3.21. The molecule has 0 radical (unpaired) electrons. The summed E-state index contributed by atoms with van der Waals surface area (Å²) in [5.74, 6) is 1.07. The number of sulfonamides is 1. The zero-order chi connectivity index (χ0) is 12.5. The third-order valence-electron chi connectivity index (χ3n) is 2.36. The highest BCUT2D eigenvalue weighted by Crippen LogP contribution is 2.18. The molecule has 17 heavy (non-hydrogen) atoms. The molecular formula is C7H12N4O3S3. The van der Waals surface area contributed by atoms with Crippen LogP contribution in [0.3, 0.4) is 0 Å². The fraction of sp³-hybridized carbons (Fsp3) is 0.714. The van der Waals surface area contributed by atoms with E-state index in [0.29, 0.717) is 24.3 Å². The zero-order valence-corrected chi connectivity index (χ0v) is 11.3. The molecule has 2 rings (SSSR count). The van der Waals surface area contributed by atoms with Gasteiger partial charge in [-0.15, -0.1) is 10.2 Å². The van der Waals surface area contributed by atoms with Crippen molar-refractivity contribution in [1.82, 2.24) is 14.9 Å². The number of hydrogen-bond donors (Lipinski definition) is 2. The first kappa shape index (κ1) is 12.9. The first-order valence-corrected chi connectivity index (χ1v) is 8.72. The lowest BCUT2D eigenvalue weighted by atomic mass is 10.2. The van der Waals surface area contributed by atoms with Crippen molar-refractivity contribution in [3.05, 3.63) is 0 Å². The molecule has 0 amide bonds. The molecule has 1 fully saturated rings. The molecule has 2 heterocycles. The van der Waals surface area contributed by atoms with E-state index in [-0.39, 0.29) is 15.5 Å². The van der Waals surface area contributed by atoms with E-state index < -0.39 is 20.8 Å². The highest BCUT2D eigenvalue weighted by atomic mass is 32.2. The second-order valence-corrected chi connectivity index (χ2v) is 8.24. The summed E-state index contributed by atoms with van der Waals surface area (Å²) in [6.45, 7) is 0. The highest BCUT2D eigenvalue weighted by Gasteiger charge is 2.26. The van der Waals surface area contributed by atoms with Crippen LogP contribution in [-0.2, 0) is 20.8 Å². The van der Waals surface area contributed by atoms with Crippen molar-refractivity contribution < 1.29 is 12.6 Å². The summed E-state index contributed by atoms with van der Waals surface area (Å²) in [5, 5.41) is 7.09. The van der Waals surface area contributed by atoms with Crippen LogP contribution >= 0.6 is 11.3 Å². The van der Waals surface area contributed by atoms with Crippen molar-refractivity contribution in [2.45, 2.75) is 23.2 Å². The Balaban J connectivity index is 2.05. The lowest BCUT2D eigenvalue weighted by Gasteiger charge is -2.21. The summed E-state index contributed by atoms with van der Waals surface area (Å²) in [6, 6.07) is -0.178. The van der Waals surface area contributed by atoms with Gasteiger partial charge in [0.25, 0.3) is 10.0 Å². The van der Waals surface area contributed by atoms with Gasteiger partial charge in [-0.05, 0) is 12.8 Å². The Kier molecular flexibility index (Phi) is 3.76. The lowest BCUT2D eigenvalue weighted by molar-refractivity contribution is 0.521. The van der Waals surface area contributed by atoms with Crippen molar-refractivity contribution in [3.8, 4) is 0 Å². The summed E-state index contributed by atoms with van der Waals surface area (Å²) < 4.78 is 37.3. The van der Waals surface area contributed by atoms with Crippen LogP contribution in [0.4, 0.5) is 5.13 Å². The van der Waals surface area contributed by atoms with E-state index >= 15 is 0 Å². The molecule has 1 aromatic heterocycles. The molecule has 1 aliphatic rings. The van der Waals surface area contributed by atoms with Crippen molar-refractivity contribution in [2.75, 3.05) is 17.2 Å². The standard InChI is InChI=1S/C7H12N4O3S3/c8-6-9-10-7(15-6)17(13,14)11-5-1-3-16(12)4-2-5/h5,11H,1-4H2,(H2,8,9). The van der Waals surface area contributed by atoms with Gasteiger partial charge in [0.15, 0.2) is 0 Å². The van der Waals surface area contributed by atoms with E-state index in [9.17, 15) is 12.6 Å². The number of nitrogens with zero attached hydrogens (tertiary/aromatic N) is 2. The van der Waals surface area contributed by atoms with Gasteiger partial charge in [-0.1, -0.05) is 11.3 Å². The minimum atomic E-state index is -3.64. The van der Waals surface area contributed by atoms with Crippen LogP contribution in [0.1, 0.15) is 12.8 Å². The molecule has 0 unspecified atom stereocenters. The maximum absolute atomic E-state index is 11.9. The fourth-order valence-electron chi connectivity index (χ4n) is 1.51. The van der Waals surface area contributed by atoms with E-state index in [1.807, 2.05) is 0 Å². The van der Waals surface area contributed by atoms with Crippen LogP contribution in [0, 0.1) is 0 Å². The van der Waals surface area contributed by atoms with Crippen molar-refractivity contribution in [1.29, 1.82) is 0 Å². The Hall–Kier alpha value is -0.580. The number of nitrogens with one attached hydrogen (secondary N) is 1. The van der Waals surface area contributed by atoms with Gasteiger partial charge in [0.2, 0.25) is 9.47 Å². The van der Waals surface area contributed by atoms with Crippen LogP contribution < -0.4 is 10.5 Å². The van der Waals surface area contributed by atoms with Crippen molar-refractivity contribution in [2.24, 2.45) is 0 Å². The third-order valence-corrected chi connectivity index (χ3v) is 6.38. The minimum absolute atomic E-state index is 0.120. The summed E-state index contributed by atoms with van der Waals surface area (Å²) in [4.78, 5) is 0. The molecule has 1 aliphatic heterocycles. The summed E-state index contributed by atoms with van der Waals surface area (Å²) >= 11 is 0.829. The lowest BCUT2D eigenvalue weighted by Crippen LogP contribution is -2.39. The molecule has 0 spiro atoms. The second kappa shape index (κ2) is 4.96. The molecule has 7 nitrogen and oxygen atoms in total. The second-order valence-electron chi connectivity index (χ2n) is 3.65. The molecule has 0 aromatic carbocycles. The Morgan fingerprint density at radius 2 is 2.00 bits per heavy atom. The fourth-order valence-corrected chi connectivity index (χ4v) is 4.91.